The third-order valence-electron chi connectivity index (χ3n) is 1.87. The van der Waals surface area contributed by atoms with Crippen LogP contribution in [0.3, 0.4) is 0 Å². The van der Waals surface area contributed by atoms with Gasteiger partial charge < -0.3 is 5.32 Å². The fourth-order valence-corrected chi connectivity index (χ4v) is 1.64. The Morgan fingerprint density at radius 2 is 2.00 bits per heavy atom. The van der Waals surface area contributed by atoms with Crippen LogP contribution < -0.4 is 5.32 Å². The summed E-state index contributed by atoms with van der Waals surface area (Å²) < 4.78 is 22.0. The van der Waals surface area contributed by atoms with Crippen molar-refractivity contribution in [2.45, 2.75) is 25.0 Å². The minimum Gasteiger partial charge on any atom is -0.355 e. The number of hydrogen-bond acceptors (Lipinski definition) is 3. The number of rotatable bonds is 6. The minimum absolute atomic E-state index is 0.415. The van der Waals surface area contributed by atoms with Crippen molar-refractivity contribution in [1.82, 2.24) is 5.32 Å². The Morgan fingerprint density at radius 3 is 2.43 bits per heavy atom. The molecule has 0 aromatic rings. The quantitative estimate of drug-likeness (QED) is 0.578. The molecule has 0 aromatic carbocycles. The molecule has 0 aliphatic rings. The molecule has 0 spiro atoms. The van der Waals surface area contributed by atoms with Gasteiger partial charge in [-0.2, -0.15) is 0 Å². The monoisotopic (exact) mass is 285 g/mol. The molecule has 0 heterocycles. The van der Waals surface area contributed by atoms with Crippen LogP contribution in [0.25, 0.3) is 0 Å². The van der Waals surface area contributed by atoms with Gasteiger partial charge in [0.05, 0.1) is 0 Å². The van der Waals surface area contributed by atoms with Gasteiger partial charge in [0, 0.05) is 18.1 Å². The zero-order valence-electron chi connectivity index (χ0n) is 8.42. The lowest BCUT2D eigenvalue weighted by molar-refractivity contribution is -0.120. The highest BCUT2D eigenvalue weighted by atomic mass is 79.9. The number of unbranched alkanes of at least 4 members (excludes halogenated alkanes) is 1. The number of nitrogens with one attached hydrogen (secondary N) is 1. The summed E-state index contributed by atoms with van der Waals surface area (Å²) in [6.07, 6.45) is 2.89. The first-order chi connectivity index (χ1) is 6.39. The lowest BCUT2D eigenvalue weighted by Crippen LogP contribution is -2.37. The molecule has 1 atom stereocenters. The van der Waals surface area contributed by atoms with Crippen LogP contribution in [-0.4, -0.2) is 37.7 Å². The average molecular weight is 286 g/mol. The SMILES string of the molecule is CC(C(=O)NCCCCBr)S(C)(=O)=O. The Bertz CT molecular complexity index is 276. The Kier molecular flexibility index (Phi) is 6.35. The summed E-state index contributed by atoms with van der Waals surface area (Å²) in [5.74, 6) is -0.415. The molecule has 0 fully saturated rings. The topological polar surface area (TPSA) is 63.2 Å². The zero-order valence-corrected chi connectivity index (χ0v) is 10.8. The molecule has 0 aliphatic heterocycles. The van der Waals surface area contributed by atoms with Gasteiger partial charge >= 0.3 is 0 Å². The molecule has 1 N–H and O–H groups in total. The molecular weight excluding hydrogens is 270 g/mol. The molecule has 1 amide bonds. The summed E-state index contributed by atoms with van der Waals surface area (Å²) in [5, 5.41) is 2.53. The number of sulfone groups is 1. The Morgan fingerprint density at radius 1 is 1.43 bits per heavy atom. The summed E-state index contributed by atoms with van der Waals surface area (Å²) in [6, 6.07) is 0. The molecule has 0 saturated heterocycles. The van der Waals surface area contributed by atoms with E-state index in [4.69, 9.17) is 0 Å². The van der Waals surface area contributed by atoms with E-state index in [0.717, 1.165) is 24.4 Å². The van der Waals surface area contributed by atoms with Crippen molar-refractivity contribution in [3.05, 3.63) is 0 Å². The van der Waals surface area contributed by atoms with Gasteiger partial charge in [0.1, 0.15) is 5.25 Å². The van der Waals surface area contributed by atoms with Crippen molar-refractivity contribution < 1.29 is 13.2 Å². The van der Waals surface area contributed by atoms with Gasteiger partial charge in [-0.05, 0) is 19.8 Å². The van der Waals surface area contributed by atoms with Crippen LogP contribution in [0.1, 0.15) is 19.8 Å². The molecule has 84 valence electrons. The van der Waals surface area contributed by atoms with E-state index in [-0.39, 0.29) is 0 Å². The molecule has 6 heteroatoms. The van der Waals surface area contributed by atoms with E-state index in [9.17, 15) is 13.2 Å². The maximum absolute atomic E-state index is 11.3. The Balaban J connectivity index is 3.86. The predicted molar refractivity (Wildman–Crippen MR) is 60.3 cm³/mol. The molecule has 0 radical (unpaired) electrons. The number of carbonyl (C=O) groups is 1. The van der Waals surface area contributed by atoms with Gasteiger partial charge in [0.15, 0.2) is 9.84 Å². The Labute approximate surface area is 93.5 Å². The highest BCUT2D eigenvalue weighted by Crippen LogP contribution is 1.98. The summed E-state index contributed by atoms with van der Waals surface area (Å²) in [7, 11) is -3.27. The predicted octanol–water partition coefficient (Wildman–Crippen LogP) is 0.711. The second-order valence-electron chi connectivity index (χ2n) is 3.16. The van der Waals surface area contributed by atoms with E-state index >= 15 is 0 Å². The molecule has 0 aliphatic carbocycles. The van der Waals surface area contributed by atoms with Crippen molar-refractivity contribution in [3.8, 4) is 0 Å². The summed E-state index contributed by atoms with van der Waals surface area (Å²) in [4.78, 5) is 11.3. The van der Waals surface area contributed by atoms with Crippen molar-refractivity contribution in [2.24, 2.45) is 0 Å². The van der Waals surface area contributed by atoms with Gasteiger partial charge in [0.2, 0.25) is 5.91 Å². The van der Waals surface area contributed by atoms with Gasteiger partial charge in [0.25, 0.3) is 0 Å². The van der Waals surface area contributed by atoms with Gasteiger partial charge in [-0.15, -0.1) is 0 Å². The standard InChI is InChI=1S/C8H16BrNO3S/c1-7(14(2,12)13)8(11)10-6-4-3-5-9/h7H,3-6H2,1-2H3,(H,10,11). The lowest BCUT2D eigenvalue weighted by Gasteiger charge is -2.09. The Hall–Kier alpha value is -0.100. The molecule has 1 unspecified atom stereocenters. The van der Waals surface area contributed by atoms with Gasteiger partial charge in [-0.1, -0.05) is 15.9 Å². The van der Waals surface area contributed by atoms with Crippen LogP contribution in [0.15, 0.2) is 0 Å². The van der Waals surface area contributed by atoms with E-state index < -0.39 is 21.0 Å². The first kappa shape index (κ1) is 13.9. The number of amides is 1. The fourth-order valence-electron chi connectivity index (χ4n) is 0.769. The number of alkyl halides is 1. The normalized spacial score (nSPS) is 13.6. The maximum atomic E-state index is 11.3. The molecule has 0 saturated carbocycles. The van der Waals surface area contributed by atoms with E-state index in [1.807, 2.05) is 0 Å². The number of carbonyl (C=O) groups excluding carboxylic acids is 1. The number of halogens is 1. The fraction of sp³-hybridized carbons (Fsp3) is 0.875. The van der Waals surface area contributed by atoms with Crippen LogP contribution in [-0.2, 0) is 14.6 Å². The lowest BCUT2D eigenvalue weighted by atomic mass is 10.3. The molecule has 0 aromatic heterocycles. The maximum Gasteiger partial charge on any atom is 0.238 e. The number of hydrogen-bond donors (Lipinski definition) is 1. The van der Waals surface area contributed by atoms with E-state index in [1.165, 1.54) is 6.92 Å². The highest BCUT2D eigenvalue weighted by Gasteiger charge is 2.22. The largest absolute Gasteiger partial charge is 0.355 e. The van der Waals surface area contributed by atoms with Crippen LogP contribution >= 0.6 is 15.9 Å². The average Bonchev–Trinajstić information content (AvgIpc) is 2.09. The van der Waals surface area contributed by atoms with Crippen LogP contribution in [0.5, 0.6) is 0 Å². The first-order valence-corrected chi connectivity index (χ1v) is 7.49. The van der Waals surface area contributed by atoms with Gasteiger partial charge in [-0.25, -0.2) is 8.42 Å². The smallest absolute Gasteiger partial charge is 0.238 e. The van der Waals surface area contributed by atoms with E-state index in [0.29, 0.717) is 6.54 Å². The third kappa shape index (κ3) is 5.59. The van der Waals surface area contributed by atoms with Crippen LogP contribution in [0, 0.1) is 0 Å². The second-order valence-corrected chi connectivity index (χ2v) is 6.32. The second kappa shape index (κ2) is 6.40. The minimum atomic E-state index is -3.27. The molecule has 0 rings (SSSR count). The molecular formula is C8H16BrNO3S. The summed E-state index contributed by atoms with van der Waals surface area (Å²) >= 11 is 3.27. The van der Waals surface area contributed by atoms with Crippen molar-refractivity contribution in [2.75, 3.05) is 18.1 Å². The van der Waals surface area contributed by atoms with Gasteiger partial charge in [-0.3, -0.25) is 4.79 Å². The highest BCUT2D eigenvalue weighted by molar-refractivity contribution is 9.09. The summed E-state index contributed by atoms with van der Waals surface area (Å²) in [6.45, 7) is 1.93. The van der Waals surface area contributed by atoms with E-state index in [1.54, 1.807) is 0 Å². The van der Waals surface area contributed by atoms with Crippen molar-refractivity contribution in [3.63, 3.8) is 0 Å². The first-order valence-electron chi connectivity index (χ1n) is 4.42. The summed E-state index contributed by atoms with van der Waals surface area (Å²) in [5.41, 5.74) is 0. The van der Waals surface area contributed by atoms with E-state index in [2.05, 4.69) is 21.2 Å². The molecule has 4 nitrogen and oxygen atoms in total. The molecule has 0 bridgehead atoms. The van der Waals surface area contributed by atoms with Crippen LogP contribution in [0.2, 0.25) is 0 Å². The van der Waals surface area contributed by atoms with Crippen molar-refractivity contribution in [1.29, 1.82) is 0 Å². The third-order valence-corrected chi connectivity index (χ3v) is 3.93. The van der Waals surface area contributed by atoms with Crippen molar-refractivity contribution >= 4 is 31.7 Å². The zero-order chi connectivity index (χ0) is 11.2. The van der Waals surface area contributed by atoms with Crippen LogP contribution in [0.4, 0.5) is 0 Å². The molecule has 14 heavy (non-hydrogen) atoms.